The predicted octanol–water partition coefficient (Wildman–Crippen LogP) is 2.19. The first kappa shape index (κ1) is 18.0. The Labute approximate surface area is 153 Å². The monoisotopic (exact) mass is 391 g/mol. The van der Waals surface area contributed by atoms with E-state index in [4.69, 9.17) is 4.42 Å². The maximum Gasteiger partial charge on any atom is 0.284 e. The summed E-state index contributed by atoms with van der Waals surface area (Å²) in [6.45, 7) is 1.35. The van der Waals surface area contributed by atoms with Crippen LogP contribution in [-0.2, 0) is 19.6 Å². The van der Waals surface area contributed by atoms with Crippen molar-refractivity contribution in [3.63, 3.8) is 0 Å². The first-order valence-corrected chi connectivity index (χ1v) is 9.56. The second-order valence-electron chi connectivity index (χ2n) is 5.16. The molecule has 1 fully saturated rings. The summed E-state index contributed by atoms with van der Waals surface area (Å²) in [5.41, 5.74) is 0.469. The number of sulfonamides is 1. The molecule has 2 heterocycles. The van der Waals surface area contributed by atoms with Gasteiger partial charge in [0.1, 0.15) is 5.76 Å². The van der Waals surface area contributed by atoms with Crippen molar-refractivity contribution >= 4 is 50.5 Å². The van der Waals surface area contributed by atoms with Gasteiger partial charge >= 0.3 is 0 Å². The predicted molar refractivity (Wildman–Crippen MR) is 97.8 cm³/mol. The van der Waals surface area contributed by atoms with Crippen LogP contribution in [0.5, 0.6) is 0 Å². The van der Waals surface area contributed by atoms with Crippen molar-refractivity contribution in [2.45, 2.75) is 11.8 Å². The summed E-state index contributed by atoms with van der Waals surface area (Å²) in [4.78, 5) is 23.1. The summed E-state index contributed by atoms with van der Waals surface area (Å²) in [6.07, 6.45) is 2.96. The first-order valence-electron chi connectivity index (χ1n) is 7.30. The molecule has 134 valence electrons. The number of anilines is 1. The van der Waals surface area contributed by atoms with E-state index in [1.807, 2.05) is 0 Å². The molecule has 0 radical (unpaired) electrons. The van der Waals surface area contributed by atoms with E-state index in [1.54, 1.807) is 12.1 Å². The Morgan fingerprint density at radius 2 is 2.00 bits per heavy atom. The summed E-state index contributed by atoms with van der Waals surface area (Å²) in [5, 5.41) is 4.91. The van der Waals surface area contributed by atoms with Gasteiger partial charge in [-0.2, -0.15) is 8.42 Å². The zero-order chi connectivity index (χ0) is 18.7. The number of furan rings is 1. The van der Waals surface area contributed by atoms with E-state index in [0.29, 0.717) is 11.4 Å². The maximum absolute atomic E-state index is 12.4. The van der Waals surface area contributed by atoms with Gasteiger partial charge in [0.15, 0.2) is 5.17 Å². The van der Waals surface area contributed by atoms with Gasteiger partial charge in [0.05, 0.1) is 16.1 Å². The van der Waals surface area contributed by atoms with Crippen LogP contribution in [0.4, 0.5) is 5.69 Å². The van der Waals surface area contributed by atoms with Crippen molar-refractivity contribution < 1.29 is 22.4 Å². The quantitative estimate of drug-likeness (QED) is 0.772. The minimum absolute atomic E-state index is 0.0428. The Kier molecular flexibility index (Phi) is 4.96. The molecular formula is C16H13N3O5S2. The minimum Gasteiger partial charge on any atom is -0.465 e. The van der Waals surface area contributed by atoms with Gasteiger partial charge in [-0.25, -0.2) is 0 Å². The standard InChI is InChI=1S/C16H13N3O5S2/c1-10(20)17-11-4-6-13(7-5-11)26(22,23)19-16-18-15(21)14(25-16)9-12-3-2-8-24-12/h2-9H,1H3,(H,17,20)(H,18,19,21)/b14-9-. The molecule has 1 aliphatic rings. The average Bonchev–Trinajstić information content (AvgIpc) is 3.18. The molecule has 0 saturated carbocycles. The Bertz CT molecular complexity index is 1010. The Balaban J connectivity index is 1.80. The Morgan fingerprint density at radius 3 is 2.62 bits per heavy atom. The summed E-state index contributed by atoms with van der Waals surface area (Å²) < 4.78 is 33.5. The highest BCUT2D eigenvalue weighted by molar-refractivity contribution is 8.19. The van der Waals surface area contributed by atoms with E-state index >= 15 is 0 Å². The minimum atomic E-state index is -4.01. The van der Waals surface area contributed by atoms with Crippen LogP contribution in [0.15, 0.2) is 61.3 Å². The molecule has 2 aromatic rings. The molecule has 1 saturated heterocycles. The number of amidine groups is 1. The molecule has 8 nitrogen and oxygen atoms in total. The van der Waals surface area contributed by atoms with Gasteiger partial charge in [0.25, 0.3) is 15.9 Å². The van der Waals surface area contributed by atoms with Crippen LogP contribution in [0, 0.1) is 0 Å². The number of benzene rings is 1. The summed E-state index contributed by atoms with van der Waals surface area (Å²) in [5.74, 6) is -0.247. The van der Waals surface area contributed by atoms with E-state index in [2.05, 4.69) is 15.0 Å². The van der Waals surface area contributed by atoms with E-state index in [1.165, 1.54) is 43.5 Å². The van der Waals surface area contributed by atoms with Gasteiger partial charge in [0.2, 0.25) is 5.91 Å². The van der Waals surface area contributed by atoms with Crippen LogP contribution in [0.25, 0.3) is 6.08 Å². The SMILES string of the molecule is CC(=O)Nc1ccc(S(=O)(=O)/N=C2/NC(=O)/C(=C/c3ccco3)S2)cc1. The molecule has 0 atom stereocenters. The molecule has 10 heteroatoms. The molecular weight excluding hydrogens is 378 g/mol. The van der Waals surface area contributed by atoms with E-state index in [9.17, 15) is 18.0 Å². The van der Waals surface area contributed by atoms with Gasteiger partial charge in [-0.05, 0) is 48.2 Å². The van der Waals surface area contributed by atoms with Crippen molar-refractivity contribution in [3.05, 3.63) is 53.3 Å². The lowest BCUT2D eigenvalue weighted by Crippen LogP contribution is -2.20. The number of carbonyl (C=O) groups is 2. The number of rotatable bonds is 4. The molecule has 1 aliphatic heterocycles. The summed E-state index contributed by atoms with van der Waals surface area (Å²) in [7, 11) is -4.01. The highest BCUT2D eigenvalue weighted by Gasteiger charge is 2.26. The molecule has 26 heavy (non-hydrogen) atoms. The summed E-state index contributed by atoms with van der Waals surface area (Å²) >= 11 is 0.904. The number of amides is 2. The maximum atomic E-state index is 12.4. The number of thioether (sulfide) groups is 1. The topological polar surface area (TPSA) is 118 Å². The molecule has 1 aromatic carbocycles. The fourth-order valence-electron chi connectivity index (χ4n) is 2.05. The van der Waals surface area contributed by atoms with Gasteiger partial charge < -0.3 is 9.73 Å². The number of hydrogen-bond acceptors (Lipinski definition) is 6. The number of carbonyl (C=O) groups excluding carboxylic acids is 2. The van der Waals surface area contributed by atoms with Gasteiger partial charge in [-0.3, -0.25) is 14.9 Å². The summed E-state index contributed by atoms with van der Waals surface area (Å²) in [6, 6.07) is 8.91. The third-order valence-corrected chi connectivity index (χ3v) is 5.46. The lowest BCUT2D eigenvalue weighted by atomic mass is 10.3. The third kappa shape index (κ3) is 4.21. The molecule has 0 bridgehead atoms. The van der Waals surface area contributed by atoms with Crippen molar-refractivity contribution in [1.29, 1.82) is 0 Å². The number of nitrogens with one attached hydrogen (secondary N) is 2. The largest absolute Gasteiger partial charge is 0.465 e. The third-order valence-electron chi connectivity index (χ3n) is 3.14. The van der Waals surface area contributed by atoms with Crippen molar-refractivity contribution in [2.75, 3.05) is 5.32 Å². The number of nitrogens with zero attached hydrogens (tertiary/aromatic N) is 1. The highest BCUT2D eigenvalue weighted by atomic mass is 32.2. The zero-order valence-electron chi connectivity index (χ0n) is 13.4. The molecule has 0 unspecified atom stereocenters. The zero-order valence-corrected chi connectivity index (χ0v) is 15.1. The fraction of sp³-hybridized carbons (Fsp3) is 0.0625. The normalized spacial score (nSPS) is 17.5. The molecule has 3 rings (SSSR count). The van der Waals surface area contributed by atoms with Crippen molar-refractivity contribution in [3.8, 4) is 0 Å². The molecule has 0 spiro atoms. The van der Waals surface area contributed by atoms with Gasteiger partial charge in [-0.1, -0.05) is 0 Å². The van der Waals surface area contributed by atoms with Crippen LogP contribution in [0.1, 0.15) is 12.7 Å². The first-order chi connectivity index (χ1) is 12.3. The van der Waals surface area contributed by atoms with E-state index < -0.39 is 15.9 Å². The van der Waals surface area contributed by atoms with Crippen LogP contribution in [0.3, 0.4) is 0 Å². The molecule has 1 aromatic heterocycles. The molecule has 0 aliphatic carbocycles. The average molecular weight is 391 g/mol. The van der Waals surface area contributed by atoms with Crippen LogP contribution in [-0.4, -0.2) is 25.4 Å². The molecule has 2 amide bonds. The van der Waals surface area contributed by atoms with Crippen LogP contribution in [0.2, 0.25) is 0 Å². The van der Waals surface area contributed by atoms with Crippen LogP contribution < -0.4 is 10.6 Å². The smallest absolute Gasteiger partial charge is 0.284 e. The van der Waals surface area contributed by atoms with Crippen molar-refractivity contribution in [1.82, 2.24) is 5.32 Å². The van der Waals surface area contributed by atoms with E-state index in [0.717, 1.165) is 11.8 Å². The fourth-order valence-corrected chi connectivity index (χ4v) is 4.01. The van der Waals surface area contributed by atoms with Crippen LogP contribution >= 0.6 is 11.8 Å². The molecule has 2 N–H and O–H groups in total. The van der Waals surface area contributed by atoms with Gasteiger partial charge in [0, 0.05) is 18.7 Å². The lowest BCUT2D eigenvalue weighted by Gasteiger charge is -2.03. The lowest BCUT2D eigenvalue weighted by molar-refractivity contribution is -0.115. The Hall–Kier alpha value is -2.85. The van der Waals surface area contributed by atoms with Gasteiger partial charge in [-0.15, -0.1) is 4.40 Å². The Morgan fingerprint density at radius 1 is 1.27 bits per heavy atom. The van der Waals surface area contributed by atoms with Crippen molar-refractivity contribution in [2.24, 2.45) is 4.40 Å². The number of hydrogen-bond donors (Lipinski definition) is 2. The van der Waals surface area contributed by atoms with E-state index in [-0.39, 0.29) is 20.9 Å². The second-order valence-corrected chi connectivity index (χ2v) is 7.79. The second kappa shape index (κ2) is 7.18. The highest BCUT2D eigenvalue weighted by Crippen LogP contribution is 2.27.